The average molecular weight is 298 g/mol. The summed E-state index contributed by atoms with van der Waals surface area (Å²) in [6.07, 6.45) is 4.03. The van der Waals surface area contributed by atoms with Crippen molar-refractivity contribution in [2.24, 2.45) is 11.8 Å². The van der Waals surface area contributed by atoms with Crippen LogP contribution in [0.15, 0.2) is 18.2 Å². The van der Waals surface area contributed by atoms with Crippen LogP contribution in [0.5, 0.6) is 0 Å². The molecule has 1 saturated heterocycles. The van der Waals surface area contributed by atoms with E-state index in [1.807, 2.05) is 6.07 Å². The zero-order chi connectivity index (χ0) is 11.8. The highest BCUT2D eigenvalue weighted by Crippen LogP contribution is 2.41. The van der Waals surface area contributed by atoms with Gasteiger partial charge in [0.1, 0.15) is 5.82 Å². The second-order valence-electron chi connectivity index (χ2n) is 5.24. The van der Waals surface area contributed by atoms with Gasteiger partial charge in [-0.3, -0.25) is 0 Å². The van der Waals surface area contributed by atoms with Crippen LogP contribution in [0.4, 0.5) is 10.1 Å². The zero-order valence-corrected chi connectivity index (χ0v) is 11.4. The lowest BCUT2D eigenvalue weighted by atomic mass is 10.0. The first-order chi connectivity index (χ1) is 8.29. The molecule has 1 aromatic rings. The van der Waals surface area contributed by atoms with Crippen molar-refractivity contribution >= 4 is 21.6 Å². The van der Waals surface area contributed by atoms with E-state index < -0.39 is 0 Å². The van der Waals surface area contributed by atoms with Gasteiger partial charge in [0, 0.05) is 18.4 Å². The third-order valence-electron chi connectivity index (χ3n) is 4.26. The van der Waals surface area contributed by atoms with Gasteiger partial charge in [-0.1, -0.05) is 34.5 Å². The number of benzene rings is 1. The lowest BCUT2D eigenvalue weighted by molar-refractivity contribution is 0.494. The van der Waals surface area contributed by atoms with E-state index in [1.165, 1.54) is 19.3 Å². The van der Waals surface area contributed by atoms with E-state index in [4.69, 9.17) is 0 Å². The van der Waals surface area contributed by atoms with Crippen LogP contribution in [0, 0.1) is 17.7 Å². The number of rotatable bonds is 2. The summed E-state index contributed by atoms with van der Waals surface area (Å²) in [7, 11) is 0. The summed E-state index contributed by atoms with van der Waals surface area (Å²) in [5.74, 6) is 1.54. The number of hydrogen-bond acceptors (Lipinski definition) is 1. The van der Waals surface area contributed by atoms with Gasteiger partial charge in [0.05, 0.1) is 5.69 Å². The van der Waals surface area contributed by atoms with Gasteiger partial charge in [0.25, 0.3) is 0 Å². The van der Waals surface area contributed by atoms with Gasteiger partial charge in [0.2, 0.25) is 0 Å². The first-order valence-corrected chi connectivity index (χ1v) is 7.50. The van der Waals surface area contributed by atoms with Crippen LogP contribution < -0.4 is 4.90 Å². The Morgan fingerprint density at radius 2 is 1.94 bits per heavy atom. The van der Waals surface area contributed by atoms with E-state index in [0.717, 1.165) is 41.5 Å². The Bertz CT molecular complexity index is 409. The molecule has 2 fully saturated rings. The fourth-order valence-corrected chi connectivity index (χ4v) is 3.89. The summed E-state index contributed by atoms with van der Waals surface area (Å²) >= 11 is 3.46. The highest BCUT2D eigenvalue weighted by Gasteiger charge is 2.37. The Morgan fingerprint density at radius 1 is 1.24 bits per heavy atom. The van der Waals surface area contributed by atoms with Gasteiger partial charge in [-0.15, -0.1) is 0 Å². The van der Waals surface area contributed by atoms with E-state index in [0.29, 0.717) is 0 Å². The summed E-state index contributed by atoms with van der Waals surface area (Å²) in [5, 5.41) is 0.728. The van der Waals surface area contributed by atoms with Crippen LogP contribution in [0.2, 0.25) is 0 Å². The van der Waals surface area contributed by atoms with Crippen molar-refractivity contribution in [1.82, 2.24) is 0 Å². The molecule has 2 unspecified atom stereocenters. The molecular formula is C14H17BrFN. The molecular weight excluding hydrogens is 281 g/mol. The second kappa shape index (κ2) is 4.60. The monoisotopic (exact) mass is 297 g/mol. The van der Waals surface area contributed by atoms with Gasteiger partial charge < -0.3 is 4.90 Å². The van der Waals surface area contributed by atoms with Crippen LogP contribution >= 0.6 is 15.9 Å². The van der Waals surface area contributed by atoms with Crippen molar-refractivity contribution in [3.8, 4) is 0 Å². The highest BCUT2D eigenvalue weighted by atomic mass is 79.9. The number of fused-ring (bicyclic) bond motifs is 1. The molecule has 0 spiro atoms. The van der Waals surface area contributed by atoms with E-state index in [2.05, 4.69) is 20.8 Å². The van der Waals surface area contributed by atoms with Crippen LogP contribution in [0.25, 0.3) is 0 Å². The van der Waals surface area contributed by atoms with E-state index in [9.17, 15) is 4.39 Å². The van der Waals surface area contributed by atoms with E-state index >= 15 is 0 Å². The van der Waals surface area contributed by atoms with E-state index in [1.54, 1.807) is 12.1 Å². The van der Waals surface area contributed by atoms with Gasteiger partial charge in [0.15, 0.2) is 0 Å². The number of hydrogen-bond donors (Lipinski definition) is 0. The first-order valence-electron chi connectivity index (χ1n) is 6.38. The summed E-state index contributed by atoms with van der Waals surface area (Å²) < 4.78 is 14.0. The minimum atomic E-state index is -0.0677. The number of nitrogens with zero attached hydrogens (tertiary/aromatic N) is 1. The SMILES string of the molecule is Fc1cccc(CBr)c1N1CC2CCCC2C1. The minimum Gasteiger partial charge on any atom is -0.368 e. The first kappa shape index (κ1) is 11.5. The molecule has 2 aliphatic rings. The topological polar surface area (TPSA) is 3.24 Å². The summed E-state index contributed by atoms with van der Waals surface area (Å²) in [6, 6.07) is 5.39. The molecule has 1 nitrogen and oxygen atoms in total. The maximum absolute atomic E-state index is 14.0. The maximum atomic E-state index is 14.0. The van der Waals surface area contributed by atoms with Crippen molar-refractivity contribution in [2.45, 2.75) is 24.6 Å². The minimum absolute atomic E-state index is 0.0677. The molecule has 0 bridgehead atoms. The predicted molar refractivity (Wildman–Crippen MR) is 72.1 cm³/mol. The Kier molecular flexibility index (Phi) is 3.12. The molecule has 1 heterocycles. The highest BCUT2D eigenvalue weighted by molar-refractivity contribution is 9.08. The molecule has 2 atom stereocenters. The van der Waals surface area contributed by atoms with Crippen LogP contribution in [-0.2, 0) is 5.33 Å². The number of alkyl halides is 1. The van der Waals surface area contributed by atoms with Crippen molar-refractivity contribution in [3.63, 3.8) is 0 Å². The smallest absolute Gasteiger partial charge is 0.146 e. The van der Waals surface area contributed by atoms with Gasteiger partial charge in [-0.2, -0.15) is 0 Å². The average Bonchev–Trinajstić information content (AvgIpc) is 2.88. The van der Waals surface area contributed by atoms with E-state index in [-0.39, 0.29) is 5.82 Å². The largest absolute Gasteiger partial charge is 0.368 e. The summed E-state index contributed by atoms with van der Waals surface area (Å²) in [4.78, 5) is 2.26. The van der Waals surface area contributed by atoms with Crippen LogP contribution in [-0.4, -0.2) is 13.1 Å². The fourth-order valence-electron chi connectivity index (χ4n) is 3.44. The van der Waals surface area contributed by atoms with Gasteiger partial charge in [-0.05, 0) is 36.3 Å². The number of halogens is 2. The van der Waals surface area contributed by atoms with Crippen molar-refractivity contribution < 1.29 is 4.39 Å². The van der Waals surface area contributed by atoms with Gasteiger partial charge >= 0.3 is 0 Å². The Morgan fingerprint density at radius 3 is 2.59 bits per heavy atom. The molecule has 3 rings (SSSR count). The normalized spacial score (nSPS) is 27.5. The molecule has 1 saturated carbocycles. The van der Waals surface area contributed by atoms with Crippen LogP contribution in [0.3, 0.4) is 0 Å². The van der Waals surface area contributed by atoms with Crippen LogP contribution in [0.1, 0.15) is 24.8 Å². The standard InChI is InChI=1S/C14H17BrFN/c15-7-10-3-2-6-13(16)14(10)17-8-11-4-1-5-12(11)9-17/h2-3,6,11-12H,1,4-5,7-9H2. The molecule has 0 aromatic heterocycles. The molecule has 1 aliphatic carbocycles. The molecule has 1 aromatic carbocycles. The zero-order valence-electron chi connectivity index (χ0n) is 9.83. The third-order valence-corrected chi connectivity index (χ3v) is 4.86. The van der Waals surface area contributed by atoms with Crippen molar-refractivity contribution in [3.05, 3.63) is 29.6 Å². The molecule has 0 N–H and O–H groups in total. The molecule has 0 amide bonds. The Balaban J connectivity index is 1.90. The lowest BCUT2D eigenvalue weighted by Crippen LogP contribution is -2.23. The molecule has 0 radical (unpaired) electrons. The molecule has 3 heteroatoms. The number of para-hydroxylation sites is 1. The number of anilines is 1. The maximum Gasteiger partial charge on any atom is 0.146 e. The quantitative estimate of drug-likeness (QED) is 0.747. The van der Waals surface area contributed by atoms with Crippen molar-refractivity contribution in [2.75, 3.05) is 18.0 Å². The van der Waals surface area contributed by atoms with Crippen molar-refractivity contribution in [1.29, 1.82) is 0 Å². The predicted octanol–water partition coefficient (Wildman–Crippen LogP) is 3.96. The third kappa shape index (κ3) is 1.99. The fraction of sp³-hybridized carbons (Fsp3) is 0.571. The van der Waals surface area contributed by atoms with Gasteiger partial charge in [-0.25, -0.2) is 4.39 Å². The molecule has 92 valence electrons. The summed E-state index contributed by atoms with van der Waals surface area (Å²) in [6.45, 7) is 2.09. The summed E-state index contributed by atoms with van der Waals surface area (Å²) in [5.41, 5.74) is 1.91. The second-order valence-corrected chi connectivity index (χ2v) is 5.80. The Hall–Kier alpha value is -0.570. The molecule has 1 aliphatic heterocycles. The lowest BCUT2D eigenvalue weighted by Gasteiger charge is -2.23. The Labute approximate surface area is 110 Å². The molecule has 17 heavy (non-hydrogen) atoms.